The van der Waals surface area contributed by atoms with Crippen molar-refractivity contribution in [3.8, 4) is 28.7 Å². The average molecular weight is 435 g/mol. The normalized spacial score (nSPS) is 16.6. The van der Waals surface area contributed by atoms with E-state index in [0.29, 0.717) is 29.6 Å². The SMILES string of the molecule is C[C@H]1CCCN(CCCNC(=O)COc2ccccc2-c2nnc(-c3ccccc3)o2)C1. The van der Waals surface area contributed by atoms with Crippen LogP contribution in [0.5, 0.6) is 5.75 Å². The Kier molecular flexibility index (Phi) is 7.51. The number of aromatic nitrogens is 2. The molecular formula is C25H30N4O3. The third-order valence-electron chi connectivity index (χ3n) is 5.64. The number of hydrogen-bond donors (Lipinski definition) is 1. The first-order valence-electron chi connectivity index (χ1n) is 11.3. The van der Waals surface area contributed by atoms with E-state index in [0.717, 1.165) is 31.0 Å². The van der Waals surface area contributed by atoms with Crippen LogP contribution in [0.25, 0.3) is 22.9 Å². The van der Waals surface area contributed by atoms with Crippen LogP contribution >= 0.6 is 0 Å². The lowest BCUT2D eigenvalue weighted by Crippen LogP contribution is -2.37. The van der Waals surface area contributed by atoms with Crippen molar-refractivity contribution in [2.45, 2.75) is 26.2 Å². The summed E-state index contributed by atoms with van der Waals surface area (Å²) in [6.45, 7) is 6.25. The van der Waals surface area contributed by atoms with Gasteiger partial charge in [0.1, 0.15) is 5.75 Å². The lowest BCUT2D eigenvalue weighted by molar-refractivity contribution is -0.123. The summed E-state index contributed by atoms with van der Waals surface area (Å²) in [7, 11) is 0. The Balaban J connectivity index is 1.27. The number of carbonyl (C=O) groups excluding carboxylic acids is 1. The predicted octanol–water partition coefficient (Wildman–Crippen LogP) is 4.02. The van der Waals surface area contributed by atoms with E-state index in [4.69, 9.17) is 9.15 Å². The molecule has 0 bridgehead atoms. The monoisotopic (exact) mass is 434 g/mol. The molecule has 4 rings (SSSR count). The Morgan fingerprint density at radius 2 is 1.91 bits per heavy atom. The number of nitrogens with zero attached hydrogens (tertiary/aromatic N) is 3. The molecule has 2 heterocycles. The summed E-state index contributed by atoms with van der Waals surface area (Å²) in [4.78, 5) is 14.7. The van der Waals surface area contributed by atoms with Gasteiger partial charge in [0.2, 0.25) is 5.89 Å². The molecule has 0 unspecified atom stereocenters. The number of hydrogen-bond acceptors (Lipinski definition) is 6. The molecule has 0 aliphatic carbocycles. The van der Waals surface area contributed by atoms with Gasteiger partial charge in [-0.25, -0.2) is 0 Å². The molecular weight excluding hydrogens is 404 g/mol. The minimum absolute atomic E-state index is 0.0581. The number of rotatable bonds is 9. The largest absolute Gasteiger partial charge is 0.483 e. The Morgan fingerprint density at radius 1 is 1.12 bits per heavy atom. The van der Waals surface area contributed by atoms with Gasteiger partial charge in [0, 0.05) is 18.7 Å². The number of benzene rings is 2. The van der Waals surface area contributed by atoms with Crippen LogP contribution in [-0.4, -0.2) is 53.8 Å². The quantitative estimate of drug-likeness (QED) is 0.513. The predicted molar refractivity (Wildman–Crippen MR) is 123 cm³/mol. The summed E-state index contributed by atoms with van der Waals surface area (Å²) in [5.41, 5.74) is 1.51. The minimum Gasteiger partial charge on any atom is -0.483 e. The summed E-state index contributed by atoms with van der Waals surface area (Å²) in [5, 5.41) is 11.2. The molecule has 0 saturated carbocycles. The maximum absolute atomic E-state index is 12.3. The van der Waals surface area contributed by atoms with Crippen molar-refractivity contribution in [3.05, 3.63) is 54.6 Å². The molecule has 3 aromatic rings. The number of para-hydroxylation sites is 1. The molecule has 7 heteroatoms. The fourth-order valence-corrected chi connectivity index (χ4v) is 4.01. The van der Waals surface area contributed by atoms with E-state index in [-0.39, 0.29) is 12.5 Å². The molecule has 0 radical (unpaired) electrons. The molecule has 1 fully saturated rings. The highest BCUT2D eigenvalue weighted by molar-refractivity contribution is 5.77. The summed E-state index contributed by atoms with van der Waals surface area (Å²) in [5.74, 6) is 1.97. The Bertz CT molecular complexity index is 1010. The van der Waals surface area contributed by atoms with Crippen LogP contribution in [0, 0.1) is 5.92 Å². The first kappa shape index (κ1) is 22.0. The fourth-order valence-electron chi connectivity index (χ4n) is 4.01. The number of ether oxygens (including phenoxy) is 1. The van der Waals surface area contributed by atoms with Gasteiger partial charge in [0.05, 0.1) is 5.56 Å². The summed E-state index contributed by atoms with van der Waals surface area (Å²) in [6, 6.07) is 17.0. The van der Waals surface area contributed by atoms with Crippen molar-refractivity contribution >= 4 is 5.91 Å². The van der Waals surface area contributed by atoms with Crippen LogP contribution in [0.3, 0.4) is 0 Å². The number of piperidine rings is 1. The number of likely N-dealkylation sites (tertiary alicyclic amines) is 1. The standard InChI is InChI=1S/C25H30N4O3/c1-19-9-7-15-29(17-19)16-8-14-26-23(30)18-31-22-13-6-5-12-21(22)25-28-27-24(32-25)20-10-3-2-4-11-20/h2-6,10-13,19H,7-9,14-18H2,1H3,(H,26,30)/t19-/m0/s1. The fraction of sp³-hybridized carbons (Fsp3) is 0.400. The Labute approximate surface area is 188 Å². The van der Waals surface area contributed by atoms with Crippen LogP contribution in [0.2, 0.25) is 0 Å². The summed E-state index contributed by atoms with van der Waals surface area (Å²) >= 11 is 0. The van der Waals surface area contributed by atoms with Crippen molar-refractivity contribution in [2.24, 2.45) is 5.92 Å². The lowest BCUT2D eigenvalue weighted by Gasteiger charge is -2.30. The molecule has 2 aromatic carbocycles. The third-order valence-corrected chi connectivity index (χ3v) is 5.64. The van der Waals surface area contributed by atoms with Crippen molar-refractivity contribution in [1.29, 1.82) is 0 Å². The molecule has 1 aromatic heterocycles. The van der Waals surface area contributed by atoms with Gasteiger partial charge < -0.3 is 19.4 Å². The second-order valence-corrected chi connectivity index (χ2v) is 8.31. The molecule has 1 aliphatic rings. The van der Waals surface area contributed by atoms with Gasteiger partial charge in [0.25, 0.3) is 11.8 Å². The number of nitrogens with one attached hydrogen (secondary N) is 1. The van der Waals surface area contributed by atoms with E-state index in [1.54, 1.807) is 6.07 Å². The van der Waals surface area contributed by atoms with Gasteiger partial charge in [-0.15, -0.1) is 10.2 Å². The smallest absolute Gasteiger partial charge is 0.257 e. The van der Waals surface area contributed by atoms with Gasteiger partial charge in [-0.2, -0.15) is 0 Å². The van der Waals surface area contributed by atoms with Gasteiger partial charge >= 0.3 is 0 Å². The van der Waals surface area contributed by atoms with Crippen LogP contribution in [0.15, 0.2) is 59.0 Å². The molecule has 1 atom stereocenters. The third kappa shape index (κ3) is 5.95. The van der Waals surface area contributed by atoms with Crippen molar-refractivity contribution in [1.82, 2.24) is 20.4 Å². The van der Waals surface area contributed by atoms with Crippen LogP contribution < -0.4 is 10.1 Å². The zero-order valence-corrected chi connectivity index (χ0v) is 18.5. The van der Waals surface area contributed by atoms with E-state index in [1.165, 1.54) is 19.4 Å². The maximum atomic E-state index is 12.3. The molecule has 1 N–H and O–H groups in total. The van der Waals surface area contributed by atoms with E-state index in [2.05, 4.69) is 27.3 Å². The second kappa shape index (κ2) is 10.9. The highest BCUT2D eigenvalue weighted by atomic mass is 16.5. The van der Waals surface area contributed by atoms with Crippen LogP contribution in [0.4, 0.5) is 0 Å². The molecule has 1 aliphatic heterocycles. The Morgan fingerprint density at radius 3 is 2.75 bits per heavy atom. The first-order chi connectivity index (χ1) is 15.7. The molecule has 168 valence electrons. The highest BCUT2D eigenvalue weighted by Gasteiger charge is 2.17. The van der Waals surface area contributed by atoms with Gasteiger partial charge in [-0.05, 0) is 62.5 Å². The van der Waals surface area contributed by atoms with Gasteiger partial charge in [0.15, 0.2) is 6.61 Å². The van der Waals surface area contributed by atoms with E-state index >= 15 is 0 Å². The van der Waals surface area contributed by atoms with Gasteiger partial charge in [-0.1, -0.05) is 37.3 Å². The molecule has 0 spiro atoms. The minimum atomic E-state index is -0.137. The number of carbonyl (C=O) groups is 1. The average Bonchev–Trinajstić information content (AvgIpc) is 3.32. The topological polar surface area (TPSA) is 80.5 Å². The van der Waals surface area contributed by atoms with Crippen LogP contribution in [0.1, 0.15) is 26.2 Å². The zero-order chi connectivity index (χ0) is 22.2. The van der Waals surface area contributed by atoms with E-state index in [9.17, 15) is 4.79 Å². The summed E-state index contributed by atoms with van der Waals surface area (Å²) < 4.78 is 11.6. The zero-order valence-electron chi connectivity index (χ0n) is 18.5. The van der Waals surface area contributed by atoms with Crippen molar-refractivity contribution < 1.29 is 13.9 Å². The van der Waals surface area contributed by atoms with Gasteiger partial charge in [-0.3, -0.25) is 4.79 Å². The maximum Gasteiger partial charge on any atom is 0.257 e. The highest BCUT2D eigenvalue weighted by Crippen LogP contribution is 2.30. The molecule has 32 heavy (non-hydrogen) atoms. The Hall–Kier alpha value is -3.19. The molecule has 7 nitrogen and oxygen atoms in total. The number of amides is 1. The summed E-state index contributed by atoms with van der Waals surface area (Å²) in [6.07, 6.45) is 3.54. The van der Waals surface area contributed by atoms with Crippen LogP contribution in [-0.2, 0) is 4.79 Å². The molecule has 1 amide bonds. The van der Waals surface area contributed by atoms with E-state index in [1.807, 2.05) is 48.5 Å². The lowest BCUT2D eigenvalue weighted by atomic mass is 10.0. The van der Waals surface area contributed by atoms with Crippen molar-refractivity contribution in [3.63, 3.8) is 0 Å². The molecule has 1 saturated heterocycles. The first-order valence-corrected chi connectivity index (χ1v) is 11.3. The van der Waals surface area contributed by atoms with E-state index < -0.39 is 0 Å². The van der Waals surface area contributed by atoms with Crippen molar-refractivity contribution in [2.75, 3.05) is 32.8 Å². The second-order valence-electron chi connectivity index (χ2n) is 8.31.